The average molecular weight is 246 g/mol. The molecule has 0 atom stereocenters. The largest absolute Gasteiger partial charge is 0.366 e. The Kier molecular flexibility index (Phi) is 3.24. The molecule has 0 aliphatic rings. The third-order valence-corrected chi connectivity index (χ3v) is 2.10. The number of urea groups is 1. The Morgan fingerprint density at radius 1 is 1.11 bits per heavy atom. The summed E-state index contributed by atoms with van der Waals surface area (Å²) >= 11 is 0. The Morgan fingerprint density at radius 2 is 1.83 bits per heavy atom. The van der Waals surface area contributed by atoms with Crippen LogP contribution in [0, 0.1) is 0 Å². The first-order valence-electron chi connectivity index (χ1n) is 5.04. The standard InChI is InChI=1S/C11H10N4O3/c12-10(16)7-1-3-8(4-2-7)14-11(17)15-9-5-6-13-18-9/h1-6H,(H2,12,16)(H2,14,15,17). The van der Waals surface area contributed by atoms with Crippen molar-refractivity contribution in [2.75, 3.05) is 10.6 Å². The number of rotatable bonds is 3. The molecule has 2 rings (SSSR count). The Morgan fingerprint density at radius 3 is 2.39 bits per heavy atom. The lowest BCUT2D eigenvalue weighted by Crippen LogP contribution is -2.19. The van der Waals surface area contributed by atoms with Crippen LogP contribution < -0.4 is 16.4 Å². The number of hydrogen-bond acceptors (Lipinski definition) is 4. The van der Waals surface area contributed by atoms with Crippen LogP contribution in [0.1, 0.15) is 10.4 Å². The number of benzene rings is 1. The number of primary amides is 1. The predicted octanol–water partition coefficient (Wildman–Crippen LogP) is 1.42. The van der Waals surface area contributed by atoms with E-state index in [0.717, 1.165) is 0 Å². The predicted molar refractivity (Wildman–Crippen MR) is 64.1 cm³/mol. The summed E-state index contributed by atoms with van der Waals surface area (Å²) in [7, 11) is 0. The highest BCUT2D eigenvalue weighted by Gasteiger charge is 2.05. The molecule has 0 aliphatic carbocycles. The molecule has 3 amide bonds. The van der Waals surface area contributed by atoms with Crippen LogP contribution in [-0.4, -0.2) is 17.1 Å². The van der Waals surface area contributed by atoms with Crippen LogP contribution >= 0.6 is 0 Å². The van der Waals surface area contributed by atoms with Gasteiger partial charge in [0.25, 0.3) is 0 Å². The van der Waals surface area contributed by atoms with Crippen molar-refractivity contribution in [1.82, 2.24) is 5.16 Å². The third kappa shape index (κ3) is 2.85. The van der Waals surface area contributed by atoms with Crippen LogP contribution in [-0.2, 0) is 0 Å². The summed E-state index contributed by atoms with van der Waals surface area (Å²) in [5.41, 5.74) is 5.99. The van der Waals surface area contributed by atoms with Crippen molar-refractivity contribution in [3.63, 3.8) is 0 Å². The van der Waals surface area contributed by atoms with Crippen LogP contribution in [0.15, 0.2) is 41.1 Å². The lowest BCUT2D eigenvalue weighted by atomic mass is 10.2. The molecule has 1 heterocycles. The van der Waals surface area contributed by atoms with Gasteiger partial charge in [-0.25, -0.2) is 4.79 Å². The van der Waals surface area contributed by atoms with E-state index in [9.17, 15) is 9.59 Å². The smallest absolute Gasteiger partial charge is 0.326 e. The van der Waals surface area contributed by atoms with E-state index in [1.165, 1.54) is 24.4 Å². The molecule has 0 spiro atoms. The molecule has 18 heavy (non-hydrogen) atoms. The molecule has 0 saturated carbocycles. The van der Waals surface area contributed by atoms with Crippen LogP contribution in [0.25, 0.3) is 0 Å². The van der Waals surface area contributed by atoms with Gasteiger partial charge >= 0.3 is 6.03 Å². The highest BCUT2D eigenvalue weighted by molar-refractivity contribution is 5.99. The Balaban J connectivity index is 1.97. The van der Waals surface area contributed by atoms with Crippen LogP contribution in [0.2, 0.25) is 0 Å². The summed E-state index contributed by atoms with van der Waals surface area (Å²) in [6.45, 7) is 0. The van der Waals surface area contributed by atoms with E-state index in [2.05, 4.69) is 15.8 Å². The Bertz CT molecular complexity index is 548. The zero-order chi connectivity index (χ0) is 13.0. The summed E-state index contributed by atoms with van der Waals surface area (Å²) in [5, 5.41) is 8.44. The number of nitrogens with two attached hydrogens (primary N) is 1. The van der Waals surface area contributed by atoms with E-state index >= 15 is 0 Å². The first kappa shape index (κ1) is 11.6. The van der Waals surface area contributed by atoms with Crippen LogP contribution in [0.3, 0.4) is 0 Å². The van der Waals surface area contributed by atoms with Crippen molar-refractivity contribution in [1.29, 1.82) is 0 Å². The van der Waals surface area contributed by atoms with E-state index < -0.39 is 11.9 Å². The first-order valence-corrected chi connectivity index (χ1v) is 5.04. The highest BCUT2D eigenvalue weighted by Crippen LogP contribution is 2.10. The quantitative estimate of drug-likeness (QED) is 0.760. The van der Waals surface area contributed by atoms with Gasteiger partial charge in [-0.2, -0.15) is 0 Å². The molecular weight excluding hydrogens is 236 g/mol. The number of carbonyl (C=O) groups excluding carboxylic acids is 2. The summed E-state index contributed by atoms with van der Waals surface area (Å²) in [6.07, 6.45) is 1.41. The molecule has 1 aromatic carbocycles. The zero-order valence-electron chi connectivity index (χ0n) is 9.21. The minimum Gasteiger partial charge on any atom is -0.366 e. The minimum absolute atomic E-state index is 0.237. The molecule has 7 heteroatoms. The molecule has 0 unspecified atom stereocenters. The number of amides is 3. The third-order valence-electron chi connectivity index (χ3n) is 2.10. The number of carbonyl (C=O) groups is 2. The average Bonchev–Trinajstić information content (AvgIpc) is 2.82. The van der Waals surface area contributed by atoms with Crippen molar-refractivity contribution in [2.24, 2.45) is 5.73 Å². The number of hydrogen-bond donors (Lipinski definition) is 3. The van der Waals surface area contributed by atoms with Crippen molar-refractivity contribution in [3.8, 4) is 0 Å². The van der Waals surface area contributed by atoms with E-state index in [4.69, 9.17) is 10.3 Å². The zero-order valence-corrected chi connectivity index (χ0v) is 9.21. The van der Waals surface area contributed by atoms with Gasteiger partial charge in [-0.15, -0.1) is 0 Å². The second-order valence-electron chi connectivity index (χ2n) is 3.40. The second kappa shape index (κ2) is 5.00. The van der Waals surface area contributed by atoms with Crippen LogP contribution in [0.4, 0.5) is 16.4 Å². The van der Waals surface area contributed by atoms with Crippen molar-refractivity contribution in [3.05, 3.63) is 42.1 Å². The molecule has 2 aromatic rings. The topological polar surface area (TPSA) is 110 Å². The maximum absolute atomic E-state index is 11.5. The number of aromatic nitrogens is 1. The molecule has 0 fully saturated rings. The van der Waals surface area contributed by atoms with Gasteiger partial charge in [0.1, 0.15) is 0 Å². The van der Waals surface area contributed by atoms with Gasteiger partial charge in [0.2, 0.25) is 11.8 Å². The van der Waals surface area contributed by atoms with E-state index in [1.807, 2.05) is 0 Å². The summed E-state index contributed by atoms with van der Waals surface area (Å²) in [6, 6.07) is 7.22. The number of anilines is 2. The molecule has 1 aromatic heterocycles. The lowest BCUT2D eigenvalue weighted by molar-refractivity contribution is 0.100. The van der Waals surface area contributed by atoms with Gasteiger partial charge in [0, 0.05) is 17.3 Å². The van der Waals surface area contributed by atoms with E-state index in [0.29, 0.717) is 11.3 Å². The molecule has 0 radical (unpaired) electrons. The van der Waals surface area contributed by atoms with E-state index in [1.54, 1.807) is 12.1 Å². The van der Waals surface area contributed by atoms with Gasteiger partial charge in [-0.1, -0.05) is 5.16 Å². The normalized spacial score (nSPS) is 9.78. The van der Waals surface area contributed by atoms with Gasteiger partial charge in [-0.05, 0) is 24.3 Å². The summed E-state index contributed by atoms with van der Waals surface area (Å²) < 4.78 is 4.71. The van der Waals surface area contributed by atoms with Gasteiger partial charge in [-0.3, -0.25) is 10.1 Å². The summed E-state index contributed by atoms with van der Waals surface area (Å²) in [5.74, 6) is -0.283. The fraction of sp³-hybridized carbons (Fsp3) is 0. The fourth-order valence-corrected chi connectivity index (χ4v) is 1.27. The maximum atomic E-state index is 11.5. The SMILES string of the molecule is NC(=O)c1ccc(NC(=O)Nc2ccno2)cc1. The number of nitrogens with zero attached hydrogens (tertiary/aromatic N) is 1. The monoisotopic (exact) mass is 246 g/mol. The van der Waals surface area contributed by atoms with Crippen LogP contribution in [0.5, 0.6) is 0 Å². The molecule has 7 nitrogen and oxygen atoms in total. The van der Waals surface area contributed by atoms with Crippen molar-refractivity contribution < 1.29 is 14.1 Å². The molecular formula is C11H10N4O3. The second-order valence-corrected chi connectivity index (χ2v) is 3.40. The molecule has 0 bridgehead atoms. The van der Waals surface area contributed by atoms with Crippen molar-refractivity contribution in [2.45, 2.75) is 0 Å². The Hall–Kier alpha value is -2.83. The van der Waals surface area contributed by atoms with E-state index in [-0.39, 0.29) is 5.88 Å². The highest BCUT2D eigenvalue weighted by atomic mass is 16.5. The van der Waals surface area contributed by atoms with Gasteiger partial charge < -0.3 is 15.6 Å². The fourth-order valence-electron chi connectivity index (χ4n) is 1.27. The minimum atomic E-state index is -0.521. The maximum Gasteiger partial charge on any atom is 0.326 e. The lowest BCUT2D eigenvalue weighted by Gasteiger charge is -2.05. The molecule has 0 saturated heterocycles. The molecule has 4 N–H and O–H groups in total. The van der Waals surface area contributed by atoms with Gasteiger partial charge in [0.15, 0.2) is 0 Å². The van der Waals surface area contributed by atoms with Gasteiger partial charge in [0.05, 0.1) is 6.20 Å². The Labute approximate surface area is 102 Å². The summed E-state index contributed by atoms with van der Waals surface area (Å²) in [4.78, 5) is 22.3. The molecule has 0 aliphatic heterocycles. The number of nitrogens with one attached hydrogen (secondary N) is 2. The first-order chi connectivity index (χ1) is 8.65. The molecule has 92 valence electrons. The van der Waals surface area contributed by atoms with Crippen molar-refractivity contribution >= 4 is 23.5 Å².